The number of aromatic nitrogens is 2. The average Bonchev–Trinajstić information content (AvgIpc) is 2.43. The SMILES string of the molecule is Cn1c(=O)[nH]c2c(B(O)O)cccc21. The first kappa shape index (κ1) is 9.05. The monoisotopic (exact) mass is 192 g/mol. The fourth-order valence-corrected chi connectivity index (χ4v) is 1.49. The largest absolute Gasteiger partial charge is 0.490 e. The summed E-state index contributed by atoms with van der Waals surface area (Å²) in [7, 11) is 0.0473. The molecule has 0 amide bonds. The standard InChI is InChI=1S/C8H9BN2O3/c1-11-6-4-2-3-5(9(13)14)7(6)10-8(11)12/h2-4,13-14H,1H3,(H,10,12). The highest BCUT2D eigenvalue weighted by atomic mass is 16.4. The molecule has 0 saturated carbocycles. The van der Waals surface area contributed by atoms with Crippen LogP contribution in [0.4, 0.5) is 0 Å². The number of aromatic amines is 1. The van der Waals surface area contributed by atoms with Gasteiger partial charge in [0.05, 0.1) is 11.0 Å². The molecule has 0 saturated heterocycles. The van der Waals surface area contributed by atoms with Crippen LogP contribution in [0.5, 0.6) is 0 Å². The highest BCUT2D eigenvalue weighted by molar-refractivity contribution is 6.61. The van der Waals surface area contributed by atoms with Gasteiger partial charge in [0.1, 0.15) is 0 Å². The smallest absolute Gasteiger partial charge is 0.423 e. The van der Waals surface area contributed by atoms with E-state index in [0.29, 0.717) is 16.5 Å². The summed E-state index contributed by atoms with van der Waals surface area (Å²) in [5, 5.41) is 18.1. The Bertz CT molecular complexity index is 529. The zero-order chi connectivity index (χ0) is 10.3. The number of imidazole rings is 1. The highest BCUT2D eigenvalue weighted by Crippen LogP contribution is 2.05. The van der Waals surface area contributed by atoms with Gasteiger partial charge in [-0.1, -0.05) is 12.1 Å². The molecule has 5 nitrogen and oxygen atoms in total. The first-order valence-electron chi connectivity index (χ1n) is 4.15. The van der Waals surface area contributed by atoms with Crippen molar-refractivity contribution >= 4 is 23.6 Å². The first-order valence-corrected chi connectivity index (χ1v) is 4.15. The third-order valence-electron chi connectivity index (χ3n) is 2.25. The molecule has 2 rings (SSSR count). The Morgan fingerprint density at radius 2 is 2.14 bits per heavy atom. The van der Waals surface area contributed by atoms with Gasteiger partial charge in [0.2, 0.25) is 0 Å². The van der Waals surface area contributed by atoms with Crippen molar-refractivity contribution < 1.29 is 10.0 Å². The second kappa shape index (κ2) is 3.00. The molecule has 0 radical (unpaired) electrons. The molecule has 0 aliphatic carbocycles. The number of nitrogens with zero attached hydrogens (tertiary/aromatic N) is 1. The van der Waals surface area contributed by atoms with E-state index in [0.717, 1.165) is 0 Å². The molecule has 6 heteroatoms. The number of hydrogen-bond donors (Lipinski definition) is 3. The van der Waals surface area contributed by atoms with E-state index in [4.69, 9.17) is 10.0 Å². The molecule has 1 heterocycles. The number of hydrogen-bond acceptors (Lipinski definition) is 3. The number of H-pyrrole nitrogens is 1. The summed E-state index contributed by atoms with van der Waals surface area (Å²) >= 11 is 0. The molecule has 0 unspecified atom stereocenters. The Morgan fingerprint density at radius 1 is 1.43 bits per heavy atom. The number of aryl methyl sites for hydroxylation is 1. The van der Waals surface area contributed by atoms with E-state index < -0.39 is 7.12 Å². The predicted octanol–water partition coefficient (Wildman–Crippen LogP) is -1.45. The van der Waals surface area contributed by atoms with Crippen LogP contribution in [0.15, 0.2) is 23.0 Å². The summed E-state index contributed by atoms with van der Waals surface area (Å²) < 4.78 is 1.42. The first-order chi connectivity index (χ1) is 6.61. The lowest BCUT2D eigenvalue weighted by Gasteiger charge is -2.00. The molecule has 2 aromatic rings. The maximum Gasteiger partial charge on any atom is 0.490 e. The van der Waals surface area contributed by atoms with Crippen molar-refractivity contribution in [1.82, 2.24) is 9.55 Å². The number of rotatable bonds is 1. The van der Waals surface area contributed by atoms with Gasteiger partial charge in [0.15, 0.2) is 0 Å². The molecule has 0 bridgehead atoms. The van der Waals surface area contributed by atoms with Crippen LogP contribution in [0, 0.1) is 0 Å². The van der Waals surface area contributed by atoms with Crippen molar-refractivity contribution in [3.05, 3.63) is 28.7 Å². The van der Waals surface area contributed by atoms with E-state index in [2.05, 4.69) is 4.98 Å². The van der Waals surface area contributed by atoms with Gasteiger partial charge in [0, 0.05) is 12.5 Å². The van der Waals surface area contributed by atoms with Gasteiger partial charge < -0.3 is 15.0 Å². The molecule has 0 aliphatic heterocycles. The van der Waals surface area contributed by atoms with Gasteiger partial charge in [-0.2, -0.15) is 0 Å². The van der Waals surface area contributed by atoms with Crippen LogP contribution >= 0.6 is 0 Å². The molecular formula is C8H9BN2O3. The van der Waals surface area contributed by atoms with Crippen LogP contribution in [-0.2, 0) is 7.05 Å². The zero-order valence-corrected chi connectivity index (χ0v) is 7.56. The number of para-hydroxylation sites is 1. The minimum atomic E-state index is -1.57. The Hall–Kier alpha value is -1.53. The molecule has 1 aromatic heterocycles. The number of nitrogens with one attached hydrogen (secondary N) is 1. The number of benzene rings is 1. The second-order valence-corrected chi connectivity index (χ2v) is 3.10. The van der Waals surface area contributed by atoms with Gasteiger partial charge in [-0.25, -0.2) is 4.79 Å². The van der Waals surface area contributed by atoms with E-state index in [9.17, 15) is 4.79 Å². The highest BCUT2D eigenvalue weighted by Gasteiger charge is 2.16. The van der Waals surface area contributed by atoms with Gasteiger partial charge in [-0.05, 0) is 6.07 Å². The van der Waals surface area contributed by atoms with Gasteiger partial charge in [0.25, 0.3) is 0 Å². The topological polar surface area (TPSA) is 78.2 Å². The summed E-state index contributed by atoms with van der Waals surface area (Å²) in [6.45, 7) is 0. The van der Waals surface area contributed by atoms with E-state index in [1.54, 1.807) is 25.2 Å². The molecule has 0 atom stereocenters. The van der Waals surface area contributed by atoms with Crippen molar-refractivity contribution in [2.24, 2.45) is 7.05 Å². The molecule has 0 aliphatic rings. The van der Waals surface area contributed by atoms with Crippen LogP contribution in [0.2, 0.25) is 0 Å². The van der Waals surface area contributed by atoms with Crippen LogP contribution in [-0.4, -0.2) is 26.7 Å². The Balaban J connectivity index is 2.88. The fourth-order valence-electron chi connectivity index (χ4n) is 1.49. The lowest BCUT2D eigenvalue weighted by atomic mass is 9.79. The Morgan fingerprint density at radius 3 is 2.79 bits per heavy atom. The fraction of sp³-hybridized carbons (Fsp3) is 0.125. The van der Waals surface area contributed by atoms with Crippen molar-refractivity contribution in [2.45, 2.75) is 0 Å². The third kappa shape index (κ3) is 1.16. The van der Waals surface area contributed by atoms with Crippen molar-refractivity contribution in [3.8, 4) is 0 Å². The minimum Gasteiger partial charge on any atom is -0.423 e. The van der Waals surface area contributed by atoms with Crippen LogP contribution in [0.3, 0.4) is 0 Å². The molecule has 72 valence electrons. The summed E-state index contributed by atoms with van der Waals surface area (Å²) in [5.74, 6) is 0. The average molecular weight is 192 g/mol. The molecule has 14 heavy (non-hydrogen) atoms. The van der Waals surface area contributed by atoms with E-state index in [1.807, 2.05) is 0 Å². The maximum atomic E-state index is 11.3. The minimum absolute atomic E-state index is 0.270. The molecule has 0 fully saturated rings. The molecule has 1 aromatic carbocycles. The Kier molecular flexibility index (Phi) is 1.94. The molecular weight excluding hydrogens is 183 g/mol. The van der Waals surface area contributed by atoms with Gasteiger partial charge >= 0.3 is 12.8 Å². The second-order valence-electron chi connectivity index (χ2n) is 3.10. The lowest BCUT2D eigenvalue weighted by molar-refractivity contribution is 0.426. The van der Waals surface area contributed by atoms with Crippen molar-refractivity contribution in [3.63, 3.8) is 0 Å². The van der Waals surface area contributed by atoms with E-state index in [1.165, 1.54) is 4.57 Å². The van der Waals surface area contributed by atoms with Gasteiger partial charge in [-0.3, -0.25) is 4.57 Å². The zero-order valence-electron chi connectivity index (χ0n) is 7.56. The summed E-state index contributed by atoms with van der Waals surface area (Å²) in [5.41, 5.74) is 1.16. The van der Waals surface area contributed by atoms with Crippen molar-refractivity contribution in [2.75, 3.05) is 0 Å². The van der Waals surface area contributed by atoms with Crippen LogP contribution in [0.25, 0.3) is 11.0 Å². The maximum absolute atomic E-state index is 11.3. The van der Waals surface area contributed by atoms with Gasteiger partial charge in [-0.15, -0.1) is 0 Å². The van der Waals surface area contributed by atoms with Crippen LogP contribution < -0.4 is 11.2 Å². The third-order valence-corrected chi connectivity index (χ3v) is 2.25. The summed E-state index contributed by atoms with van der Waals surface area (Å²) in [6, 6.07) is 4.96. The van der Waals surface area contributed by atoms with Crippen molar-refractivity contribution in [1.29, 1.82) is 0 Å². The van der Waals surface area contributed by atoms with Crippen LogP contribution in [0.1, 0.15) is 0 Å². The van der Waals surface area contributed by atoms with E-state index >= 15 is 0 Å². The molecule has 3 N–H and O–H groups in total. The molecule has 0 spiro atoms. The normalized spacial score (nSPS) is 10.8. The predicted molar refractivity (Wildman–Crippen MR) is 53.4 cm³/mol. The lowest BCUT2D eigenvalue weighted by Crippen LogP contribution is -2.30. The summed E-state index contributed by atoms with van der Waals surface area (Å²) in [6.07, 6.45) is 0. The quantitative estimate of drug-likeness (QED) is 0.483. The van der Waals surface area contributed by atoms with E-state index in [-0.39, 0.29) is 5.69 Å². The Labute approximate surface area is 79.8 Å². The summed E-state index contributed by atoms with van der Waals surface area (Å²) in [4.78, 5) is 13.8. The number of fused-ring (bicyclic) bond motifs is 1.